The molecule has 1 aromatic carbocycles. The molecule has 0 spiro atoms. The molecule has 0 bridgehead atoms. The molecular weight excluding hydrogens is 274 g/mol. The number of carbonyl (C=O) groups is 2. The standard InChI is InChI=1S/C15H15NO3S/c17-14(16(8-15(18)19)11-5-6-11)7-10-9-20-13-4-2-1-3-12(10)13/h1-4,9,11H,5-8H2,(H,18,19). The van der Waals surface area contributed by atoms with Crippen molar-refractivity contribution in [2.24, 2.45) is 0 Å². The topological polar surface area (TPSA) is 57.6 Å². The summed E-state index contributed by atoms with van der Waals surface area (Å²) in [6.45, 7) is -0.189. The van der Waals surface area contributed by atoms with Crippen LogP contribution in [0, 0.1) is 0 Å². The molecule has 0 unspecified atom stereocenters. The zero-order chi connectivity index (χ0) is 14.1. The highest BCUT2D eigenvalue weighted by Crippen LogP contribution is 2.29. The Bertz CT molecular complexity index is 660. The van der Waals surface area contributed by atoms with Crippen molar-refractivity contribution < 1.29 is 14.7 Å². The van der Waals surface area contributed by atoms with E-state index in [9.17, 15) is 9.59 Å². The molecular formula is C15H15NO3S. The highest BCUT2D eigenvalue weighted by molar-refractivity contribution is 7.17. The van der Waals surface area contributed by atoms with Crippen molar-refractivity contribution in [2.45, 2.75) is 25.3 Å². The summed E-state index contributed by atoms with van der Waals surface area (Å²) in [4.78, 5) is 24.7. The number of hydrogen-bond donors (Lipinski definition) is 1. The maximum Gasteiger partial charge on any atom is 0.323 e. The Labute approximate surface area is 120 Å². The van der Waals surface area contributed by atoms with Crippen LogP contribution in [-0.2, 0) is 16.0 Å². The van der Waals surface area contributed by atoms with Gasteiger partial charge in [0.15, 0.2) is 0 Å². The van der Waals surface area contributed by atoms with E-state index in [1.807, 2.05) is 29.6 Å². The first-order valence-electron chi connectivity index (χ1n) is 6.61. The van der Waals surface area contributed by atoms with E-state index in [4.69, 9.17) is 5.11 Å². The summed E-state index contributed by atoms with van der Waals surface area (Å²) in [5.74, 6) is -1.03. The monoisotopic (exact) mass is 289 g/mol. The van der Waals surface area contributed by atoms with Crippen LogP contribution in [0.15, 0.2) is 29.6 Å². The summed E-state index contributed by atoms with van der Waals surface area (Å²) < 4.78 is 1.16. The minimum atomic E-state index is -0.944. The van der Waals surface area contributed by atoms with Gasteiger partial charge in [0.25, 0.3) is 0 Å². The lowest BCUT2D eigenvalue weighted by Gasteiger charge is -2.20. The minimum absolute atomic E-state index is 0.0848. The van der Waals surface area contributed by atoms with Crippen molar-refractivity contribution >= 4 is 33.3 Å². The average molecular weight is 289 g/mol. The van der Waals surface area contributed by atoms with E-state index < -0.39 is 5.97 Å². The molecule has 0 saturated heterocycles. The predicted molar refractivity (Wildman–Crippen MR) is 77.9 cm³/mol. The average Bonchev–Trinajstić information content (AvgIpc) is 3.19. The summed E-state index contributed by atoms with van der Waals surface area (Å²) in [5.41, 5.74) is 0.992. The summed E-state index contributed by atoms with van der Waals surface area (Å²) in [7, 11) is 0. The zero-order valence-electron chi connectivity index (χ0n) is 10.9. The van der Waals surface area contributed by atoms with Gasteiger partial charge in [-0.2, -0.15) is 0 Å². The Morgan fingerprint density at radius 1 is 1.30 bits per heavy atom. The van der Waals surface area contributed by atoms with Gasteiger partial charge >= 0.3 is 5.97 Å². The van der Waals surface area contributed by atoms with Crippen molar-refractivity contribution in [3.63, 3.8) is 0 Å². The molecule has 0 radical (unpaired) electrons. The molecule has 0 aliphatic heterocycles. The molecule has 1 aliphatic rings. The van der Waals surface area contributed by atoms with Crippen molar-refractivity contribution in [3.8, 4) is 0 Å². The van der Waals surface area contributed by atoms with Crippen molar-refractivity contribution in [2.75, 3.05) is 6.54 Å². The Hall–Kier alpha value is -1.88. The number of thiophene rings is 1. The number of carbonyl (C=O) groups excluding carboxylic acids is 1. The molecule has 1 N–H and O–H groups in total. The van der Waals surface area contributed by atoms with Crippen LogP contribution in [0.4, 0.5) is 0 Å². The quantitative estimate of drug-likeness (QED) is 0.920. The zero-order valence-corrected chi connectivity index (χ0v) is 11.7. The number of aliphatic carboxylic acids is 1. The number of carboxylic acids is 1. The molecule has 1 aromatic heterocycles. The van der Waals surface area contributed by atoms with Gasteiger partial charge in [-0.3, -0.25) is 9.59 Å². The molecule has 1 amide bonds. The van der Waals surface area contributed by atoms with E-state index in [0.717, 1.165) is 28.5 Å². The summed E-state index contributed by atoms with van der Waals surface area (Å²) in [5, 5.41) is 12.0. The van der Waals surface area contributed by atoms with E-state index in [0.29, 0.717) is 0 Å². The summed E-state index contributed by atoms with van der Waals surface area (Å²) in [6.07, 6.45) is 2.13. The van der Waals surface area contributed by atoms with Gasteiger partial charge in [0.05, 0.1) is 6.42 Å². The number of rotatable bonds is 5. The fourth-order valence-corrected chi connectivity index (χ4v) is 3.35. The molecule has 1 aliphatic carbocycles. The lowest BCUT2D eigenvalue weighted by molar-refractivity contribution is -0.144. The second-order valence-corrected chi connectivity index (χ2v) is 5.99. The fourth-order valence-electron chi connectivity index (χ4n) is 2.39. The van der Waals surface area contributed by atoms with E-state index in [2.05, 4.69) is 0 Å². The SMILES string of the molecule is O=C(O)CN(C(=O)Cc1csc2ccccc12)C1CC1. The van der Waals surface area contributed by atoms with Crippen LogP contribution >= 0.6 is 11.3 Å². The van der Waals surface area contributed by atoms with Crippen LogP contribution in [0.5, 0.6) is 0 Å². The maximum absolute atomic E-state index is 12.3. The molecule has 4 nitrogen and oxygen atoms in total. The lowest BCUT2D eigenvalue weighted by Crippen LogP contribution is -2.38. The summed E-state index contributed by atoms with van der Waals surface area (Å²) in [6, 6.07) is 8.10. The van der Waals surface area contributed by atoms with Crippen LogP contribution in [0.25, 0.3) is 10.1 Å². The third kappa shape index (κ3) is 2.67. The number of amides is 1. The molecule has 3 rings (SSSR count). The van der Waals surface area contributed by atoms with Gasteiger partial charge in [-0.15, -0.1) is 11.3 Å². The van der Waals surface area contributed by atoms with Gasteiger partial charge in [-0.25, -0.2) is 0 Å². The summed E-state index contributed by atoms with van der Waals surface area (Å²) >= 11 is 1.62. The molecule has 0 atom stereocenters. The van der Waals surface area contributed by atoms with E-state index >= 15 is 0 Å². The second kappa shape index (κ2) is 5.25. The predicted octanol–water partition coefficient (Wildman–Crippen LogP) is 2.52. The second-order valence-electron chi connectivity index (χ2n) is 5.08. The molecule has 20 heavy (non-hydrogen) atoms. The Kier molecular flexibility index (Phi) is 3.44. The molecule has 104 valence electrons. The number of hydrogen-bond acceptors (Lipinski definition) is 3. The highest BCUT2D eigenvalue weighted by atomic mass is 32.1. The van der Waals surface area contributed by atoms with Gasteiger partial charge < -0.3 is 10.0 Å². The number of benzene rings is 1. The van der Waals surface area contributed by atoms with Crippen LogP contribution in [0.3, 0.4) is 0 Å². The molecule has 5 heteroatoms. The van der Waals surface area contributed by atoms with Crippen LogP contribution in [-0.4, -0.2) is 34.5 Å². The first-order chi connectivity index (χ1) is 9.65. The van der Waals surface area contributed by atoms with E-state index in [-0.39, 0.29) is 24.9 Å². The first-order valence-corrected chi connectivity index (χ1v) is 7.49. The van der Waals surface area contributed by atoms with Gasteiger partial charge in [0, 0.05) is 10.7 Å². The van der Waals surface area contributed by atoms with E-state index in [1.165, 1.54) is 4.90 Å². The minimum Gasteiger partial charge on any atom is -0.480 e. The van der Waals surface area contributed by atoms with Gasteiger partial charge in [-0.05, 0) is 35.2 Å². The van der Waals surface area contributed by atoms with Crippen LogP contribution in [0.2, 0.25) is 0 Å². The molecule has 1 fully saturated rings. The normalized spacial score (nSPS) is 14.4. The first kappa shape index (κ1) is 13.1. The van der Waals surface area contributed by atoms with Crippen molar-refractivity contribution in [1.29, 1.82) is 0 Å². The smallest absolute Gasteiger partial charge is 0.323 e. The molecule has 2 aromatic rings. The van der Waals surface area contributed by atoms with Gasteiger partial charge in [-0.1, -0.05) is 18.2 Å². The highest BCUT2D eigenvalue weighted by Gasteiger charge is 2.33. The van der Waals surface area contributed by atoms with Crippen LogP contribution in [0.1, 0.15) is 18.4 Å². The fraction of sp³-hybridized carbons (Fsp3) is 0.333. The number of fused-ring (bicyclic) bond motifs is 1. The van der Waals surface area contributed by atoms with Gasteiger partial charge in [0.2, 0.25) is 5.91 Å². The third-order valence-electron chi connectivity index (χ3n) is 3.52. The Morgan fingerprint density at radius 2 is 2.05 bits per heavy atom. The number of nitrogens with zero attached hydrogens (tertiary/aromatic N) is 1. The number of carboxylic acid groups (broad SMARTS) is 1. The molecule has 1 saturated carbocycles. The lowest BCUT2D eigenvalue weighted by atomic mass is 10.1. The van der Waals surface area contributed by atoms with Gasteiger partial charge in [0.1, 0.15) is 6.54 Å². The van der Waals surface area contributed by atoms with Crippen molar-refractivity contribution in [3.05, 3.63) is 35.2 Å². The maximum atomic E-state index is 12.3. The largest absolute Gasteiger partial charge is 0.480 e. The van der Waals surface area contributed by atoms with Crippen molar-refractivity contribution in [1.82, 2.24) is 4.90 Å². The van der Waals surface area contributed by atoms with Crippen LogP contribution < -0.4 is 0 Å². The van der Waals surface area contributed by atoms with E-state index in [1.54, 1.807) is 11.3 Å². The third-order valence-corrected chi connectivity index (χ3v) is 4.53. The Morgan fingerprint density at radius 3 is 2.75 bits per heavy atom. The molecule has 1 heterocycles. The Balaban J connectivity index is 1.78.